The smallest absolute Gasteiger partial charge is 0.119 e. The predicted octanol–water partition coefficient (Wildman–Crippen LogP) is 23.6. The molecule has 0 saturated carbocycles. The lowest BCUT2D eigenvalue weighted by atomic mass is 10.0. The van der Waals surface area contributed by atoms with E-state index in [4.69, 9.17) is 4.74 Å². The molecule has 0 atom stereocenters. The van der Waals surface area contributed by atoms with Crippen LogP contribution < -0.4 is 9.64 Å². The summed E-state index contributed by atoms with van der Waals surface area (Å²) < 4.78 is 7.96. The van der Waals surface area contributed by atoms with Crippen LogP contribution in [0.1, 0.15) is 313 Å². The highest BCUT2D eigenvalue weighted by molar-refractivity contribution is 9.11. The zero-order valence-corrected chi connectivity index (χ0v) is 51.4. The van der Waals surface area contributed by atoms with Gasteiger partial charge in [-0.15, -0.1) is 0 Å². The van der Waals surface area contributed by atoms with Crippen molar-refractivity contribution in [2.24, 2.45) is 0 Å². The van der Waals surface area contributed by atoms with Gasteiger partial charge in [-0.1, -0.05) is 295 Å². The average Bonchev–Trinajstić information content (AvgIpc) is 3.41. The molecule has 0 aliphatic carbocycles. The van der Waals surface area contributed by atoms with Gasteiger partial charge in [-0.2, -0.15) is 0 Å². The van der Waals surface area contributed by atoms with Crippen molar-refractivity contribution in [2.45, 2.75) is 290 Å². The van der Waals surface area contributed by atoms with Crippen LogP contribution >= 0.6 is 31.9 Å². The summed E-state index contributed by atoms with van der Waals surface area (Å²) in [6.45, 7) is 9.99. The topological polar surface area (TPSA) is 12.5 Å². The molecule has 0 radical (unpaired) electrons. The van der Waals surface area contributed by atoms with Gasteiger partial charge in [0.05, 0.1) is 6.61 Å². The minimum Gasteiger partial charge on any atom is -0.494 e. The number of anilines is 1. The third-order valence-corrected chi connectivity index (χ3v) is 16.5. The SMILES string of the molecule is CCCCCCCCCCCCCCCCOc1ccc(C#Cc2cc(Br)c(C#Cc3ccc(N(CCCCCCCCCCCCCCCC)CCCCCCCCCCCCCCCC)cc3)cc2Br)cc1. The molecule has 0 amide bonds. The summed E-state index contributed by atoms with van der Waals surface area (Å²) in [6.07, 6.45) is 58.5. The molecule has 0 aliphatic heterocycles. The van der Waals surface area contributed by atoms with E-state index < -0.39 is 0 Å². The summed E-state index contributed by atoms with van der Waals surface area (Å²) in [5.41, 5.74) is 5.24. The van der Waals surface area contributed by atoms with Crippen molar-refractivity contribution < 1.29 is 4.74 Å². The van der Waals surface area contributed by atoms with E-state index in [1.807, 2.05) is 12.1 Å². The molecule has 0 aliphatic rings. The van der Waals surface area contributed by atoms with E-state index in [2.05, 4.69) is 130 Å². The first-order chi connectivity index (χ1) is 36.5. The van der Waals surface area contributed by atoms with Crippen LogP contribution in [0.15, 0.2) is 69.6 Å². The standard InChI is InChI=1S/C70H109Br2NO/c1-4-7-10-13-16-19-22-25-28-31-34-37-40-43-58-73(59-44-41-38-35-32-29-26-23-20-17-14-11-8-5-2)67-54-48-63(49-55-67)46-52-65-61-70(72)66(62-69(65)71)53-47-64-50-56-68(57-51-64)74-60-45-42-39-36-33-30-27-24-21-18-15-12-9-6-3/h48-51,54-57,61-62H,4-45,58-60H2,1-3H3. The summed E-state index contributed by atoms with van der Waals surface area (Å²) in [4.78, 5) is 2.66. The van der Waals surface area contributed by atoms with Crippen molar-refractivity contribution in [2.75, 3.05) is 24.6 Å². The predicted molar refractivity (Wildman–Crippen MR) is 335 cm³/mol. The maximum atomic E-state index is 6.06. The second-order valence-corrected chi connectivity index (χ2v) is 23.7. The van der Waals surface area contributed by atoms with Gasteiger partial charge in [0.1, 0.15) is 5.75 Å². The second kappa shape index (κ2) is 47.5. The number of hydrogen-bond donors (Lipinski definition) is 0. The molecule has 3 rings (SSSR count). The third-order valence-electron chi connectivity index (χ3n) is 15.2. The molecule has 0 bridgehead atoms. The van der Waals surface area contributed by atoms with E-state index >= 15 is 0 Å². The van der Waals surface area contributed by atoms with Crippen molar-refractivity contribution in [1.29, 1.82) is 0 Å². The Kier molecular flexibility index (Phi) is 42.2. The van der Waals surface area contributed by atoms with Crippen molar-refractivity contribution in [1.82, 2.24) is 0 Å². The fraction of sp³-hybridized carbons (Fsp3) is 0.686. The number of unbranched alkanes of at least 4 members (excludes halogenated alkanes) is 39. The normalized spacial score (nSPS) is 11.1. The third kappa shape index (κ3) is 34.9. The lowest BCUT2D eigenvalue weighted by Gasteiger charge is -2.25. The minimum absolute atomic E-state index is 0.780. The molecule has 0 saturated heterocycles. The zero-order valence-electron chi connectivity index (χ0n) is 48.2. The van der Waals surface area contributed by atoms with Gasteiger partial charge in [-0.25, -0.2) is 0 Å². The zero-order chi connectivity index (χ0) is 52.6. The molecule has 0 spiro atoms. The molecule has 0 aromatic heterocycles. The Morgan fingerprint density at radius 1 is 0.324 bits per heavy atom. The minimum atomic E-state index is 0.780. The summed E-state index contributed by atoms with van der Waals surface area (Å²) in [5.74, 6) is 14.5. The molecule has 0 heterocycles. The Bertz CT molecular complexity index is 1850. The largest absolute Gasteiger partial charge is 0.494 e. The van der Waals surface area contributed by atoms with Crippen LogP contribution in [0.4, 0.5) is 5.69 Å². The fourth-order valence-corrected chi connectivity index (χ4v) is 11.1. The molecule has 414 valence electrons. The Labute approximate surface area is 475 Å². The summed E-state index contributed by atoms with van der Waals surface area (Å²) in [6, 6.07) is 21.4. The van der Waals surface area contributed by atoms with Gasteiger partial charge >= 0.3 is 0 Å². The molecule has 4 heteroatoms. The van der Waals surface area contributed by atoms with E-state index in [0.717, 1.165) is 63.1 Å². The van der Waals surface area contributed by atoms with E-state index in [9.17, 15) is 0 Å². The van der Waals surface area contributed by atoms with Gasteiger partial charge < -0.3 is 9.64 Å². The Hall–Kier alpha value is -2.66. The quantitative estimate of drug-likeness (QED) is 0.0413. The fourth-order valence-electron chi connectivity index (χ4n) is 10.3. The van der Waals surface area contributed by atoms with Crippen LogP contribution in [-0.2, 0) is 0 Å². The van der Waals surface area contributed by atoms with Crippen molar-refractivity contribution in [3.05, 3.63) is 91.9 Å². The second-order valence-electron chi connectivity index (χ2n) is 22.0. The summed E-state index contributed by atoms with van der Waals surface area (Å²) in [5, 5.41) is 0. The highest BCUT2D eigenvalue weighted by Gasteiger charge is 2.09. The number of benzene rings is 3. The maximum absolute atomic E-state index is 6.06. The number of hydrogen-bond acceptors (Lipinski definition) is 2. The number of halogens is 2. The van der Waals surface area contributed by atoms with Crippen LogP contribution in [0.5, 0.6) is 5.75 Å². The van der Waals surface area contributed by atoms with Gasteiger partial charge in [0.2, 0.25) is 0 Å². The molecule has 3 aromatic carbocycles. The highest BCUT2D eigenvalue weighted by Crippen LogP contribution is 2.26. The highest BCUT2D eigenvalue weighted by atomic mass is 79.9. The molecule has 3 aromatic rings. The van der Waals surface area contributed by atoms with Crippen molar-refractivity contribution >= 4 is 37.5 Å². The van der Waals surface area contributed by atoms with Gasteiger partial charge in [-0.05, 0) is 112 Å². The number of nitrogens with zero attached hydrogens (tertiary/aromatic N) is 1. The molecule has 2 nitrogen and oxygen atoms in total. The Balaban J connectivity index is 1.41. The lowest BCUT2D eigenvalue weighted by Crippen LogP contribution is -2.25. The first-order valence-electron chi connectivity index (χ1n) is 31.6. The van der Waals surface area contributed by atoms with E-state index in [-0.39, 0.29) is 0 Å². The number of ether oxygens (including phenoxy) is 1. The van der Waals surface area contributed by atoms with Gasteiger partial charge in [-0.3, -0.25) is 0 Å². The summed E-state index contributed by atoms with van der Waals surface area (Å²) >= 11 is 7.60. The summed E-state index contributed by atoms with van der Waals surface area (Å²) in [7, 11) is 0. The molecule has 0 unspecified atom stereocenters. The van der Waals surface area contributed by atoms with Crippen molar-refractivity contribution in [3.8, 4) is 29.4 Å². The van der Waals surface area contributed by atoms with Crippen LogP contribution in [0, 0.1) is 23.7 Å². The Morgan fingerprint density at radius 2 is 0.595 bits per heavy atom. The molecular weight excluding hydrogens is 1030 g/mol. The first-order valence-corrected chi connectivity index (χ1v) is 33.2. The molecular formula is C70H109Br2NO. The maximum Gasteiger partial charge on any atom is 0.119 e. The Morgan fingerprint density at radius 3 is 0.905 bits per heavy atom. The molecule has 74 heavy (non-hydrogen) atoms. The van der Waals surface area contributed by atoms with Crippen LogP contribution in [-0.4, -0.2) is 19.7 Å². The monoisotopic (exact) mass is 1140 g/mol. The average molecular weight is 1140 g/mol. The van der Waals surface area contributed by atoms with Gasteiger partial charge in [0.25, 0.3) is 0 Å². The molecule has 0 fully saturated rings. The first kappa shape index (κ1) is 65.6. The van der Waals surface area contributed by atoms with Crippen LogP contribution in [0.25, 0.3) is 0 Å². The lowest BCUT2D eigenvalue weighted by molar-refractivity contribution is 0.304. The van der Waals surface area contributed by atoms with E-state index in [0.29, 0.717) is 0 Å². The van der Waals surface area contributed by atoms with Gasteiger partial charge in [0.15, 0.2) is 0 Å². The van der Waals surface area contributed by atoms with Crippen molar-refractivity contribution in [3.63, 3.8) is 0 Å². The van der Waals surface area contributed by atoms with E-state index in [1.54, 1.807) is 0 Å². The van der Waals surface area contributed by atoms with Crippen LogP contribution in [0.2, 0.25) is 0 Å². The van der Waals surface area contributed by atoms with Crippen LogP contribution in [0.3, 0.4) is 0 Å². The molecule has 0 N–H and O–H groups in total. The van der Waals surface area contributed by atoms with E-state index in [1.165, 1.54) is 269 Å². The number of rotatable bonds is 47. The van der Waals surface area contributed by atoms with Gasteiger partial charge in [0, 0.05) is 50.0 Å².